The highest BCUT2D eigenvalue weighted by Crippen LogP contribution is 2.14. The molecule has 0 aliphatic carbocycles. The monoisotopic (exact) mass is 581 g/mol. The lowest BCUT2D eigenvalue weighted by molar-refractivity contribution is -0.130. The van der Waals surface area contributed by atoms with Crippen molar-refractivity contribution < 1.29 is 9.59 Å². The van der Waals surface area contributed by atoms with E-state index in [1.807, 2.05) is 0 Å². The van der Waals surface area contributed by atoms with Crippen LogP contribution in [0.3, 0.4) is 0 Å². The third kappa shape index (κ3) is 41.3. The van der Waals surface area contributed by atoms with E-state index in [4.69, 9.17) is 0 Å². The molecule has 0 rings (SSSR count). The molecule has 0 atom stereocenters. The highest BCUT2D eigenvalue weighted by molar-refractivity contribution is 5.95. The summed E-state index contributed by atoms with van der Waals surface area (Å²) in [5.74, 6) is -0.152. The predicted molar refractivity (Wildman–Crippen MR) is 183 cm³/mol. The van der Waals surface area contributed by atoms with Gasteiger partial charge in [-0.25, -0.2) is 0 Å². The summed E-state index contributed by atoms with van der Waals surface area (Å²) in [6.45, 7) is 11.1. The maximum Gasteiger partial charge on any atom is 0.226 e. The Morgan fingerprint density at radius 1 is 0.366 bits per heavy atom. The van der Waals surface area contributed by atoms with E-state index >= 15 is 0 Å². The molecule has 4 nitrogen and oxygen atoms in total. The molecular formula is C37H76N2O2. The molecule has 0 aromatic rings. The zero-order valence-corrected chi connectivity index (χ0v) is 28.7. The number of amides is 2. The Labute approximate surface area is 258 Å². The van der Waals surface area contributed by atoms with Gasteiger partial charge in [0, 0.05) is 12.8 Å². The highest BCUT2D eigenvalue weighted by Gasteiger charge is 2.07. The molecule has 0 aromatic carbocycles. The van der Waals surface area contributed by atoms with Gasteiger partial charge in [-0.3, -0.25) is 14.9 Å². The molecule has 0 bridgehead atoms. The minimum absolute atomic E-state index is 0.0761. The molecule has 0 saturated carbocycles. The number of imide groups is 1. The number of hydrogen-bond donors (Lipinski definition) is 2. The van der Waals surface area contributed by atoms with Crippen molar-refractivity contribution >= 4 is 11.8 Å². The molecular weight excluding hydrogens is 504 g/mol. The second-order valence-electron chi connectivity index (χ2n) is 12.3. The Balaban J connectivity index is 0. The van der Waals surface area contributed by atoms with Crippen LogP contribution in [0.1, 0.15) is 214 Å². The van der Waals surface area contributed by atoms with E-state index in [9.17, 15) is 9.59 Å². The number of carbonyl (C=O) groups is 2. The molecule has 2 amide bonds. The maximum atomic E-state index is 12.0. The number of nitrogens with one attached hydrogen (secondary N) is 2. The van der Waals surface area contributed by atoms with Gasteiger partial charge in [-0.1, -0.05) is 182 Å². The van der Waals surface area contributed by atoms with Crippen LogP contribution in [0.4, 0.5) is 0 Å². The summed E-state index contributed by atoms with van der Waals surface area (Å²) in [7, 11) is 0. The van der Waals surface area contributed by atoms with Crippen LogP contribution in [0.5, 0.6) is 0 Å². The van der Waals surface area contributed by atoms with Crippen molar-refractivity contribution in [2.45, 2.75) is 214 Å². The maximum absolute atomic E-state index is 12.0. The molecule has 0 aliphatic heterocycles. The Kier molecular flexibility index (Phi) is 40.3. The fraction of sp³-hybridized carbons (Fsp3) is 0.946. The number of hydrogen-bond acceptors (Lipinski definition) is 3. The van der Waals surface area contributed by atoms with Gasteiger partial charge in [-0.2, -0.15) is 0 Å². The summed E-state index contributed by atoms with van der Waals surface area (Å²) in [4.78, 5) is 23.9. The van der Waals surface area contributed by atoms with Crippen LogP contribution < -0.4 is 10.6 Å². The molecule has 0 aromatic heterocycles. The zero-order chi connectivity index (χ0) is 30.5. The highest BCUT2D eigenvalue weighted by atomic mass is 16.2. The average molecular weight is 581 g/mol. The molecule has 4 heteroatoms. The molecule has 0 spiro atoms. The first kappa shape index (κ1) is 42.2. The topological polar surface area (TPSA) is 58.2 Å². The van der Waals surface area contributed by atoms with Gasteiger partial charge in [0.2, 0.25) is 11.8 Å². The standard InChI is InChI=1S/C32H63NO2.C5H13N/c1-3-5-7-9-11-13-15-17-19-21-23-25-27-29-31(34)33-32(35)30-28-26-24-22-20-18-16-14-12-10-8-6-4-2;1-3-5-6-4-2/h3-30H2,1-2H3,(H,33,34,35);6H,3-5H2,1-2H3. The lowest BCUT2D eigenvalue weighted by atomic mass is 10.0. The minimum atomic E-state index is -0.0761. The number of carbonyl (C=O) groups excluding carboxylic acids is 2. The SMILES string of the molecule is CCCCCCCCCCCCCCCC(=O)NC(=O)CCCCCCCCCCCCCCC.CCCNCC. The van der Waals surface area contributed by atoms with Gasteiger partial charge in [-0.05, 0) is 32.4 Å². The molecule has 0 unspecified atom stereocenters. The van der Waals surface area contributed by atoms with Crippen molar-refractivity contribution in [2.75, 3.05) is 13.1 Å². The van der Waals surface area contributed by atoms with Gasteiger partial charge in [0.1, 0.15) is 0 Å². The fourth-order valence-corrected chi connectivity index (χ4v) is 5.24. The summed E-state index contributed by atoms with van der Waals surface area (Å²) in [5.41, 5.74) is 0. The van der Waals surface area contributed by atoms with Gasteiger partial charge in [-0.15, -0.1) is 0 Å². The Morgan fingerprint density at radius 3 is 0.854 bits per heavy atom. The Morgan fingerprint density at radius 2 is 0.634 bits per heavy atom. The lowest BCUT2D eigenvalue weighted by Gasteiger charge is -2.05. The Hall–Kier alpha value is -0.900. The quantitative estimate of drug-likeness (QED) is 0.0802. The van der Waals surface area contributed by atoms with Gasteiger partial charge >= 0.3 is 0 Å². The fourth-order valence-electron chi connectivity index (χ4n) is 5.24. The van der Waals surface area contributed by atoms with Crippen molar-refractivity contribution in [3.05, 3.63) is 0 Å². The molecule has 0 heterocycles. The van der Waals surface area contributed by atoms with Crippen LogP contribution in [0.2, 0.25) is 0 Å². The number of rotatable bonds is 31. The third-order valence-electron chi connectivity index (χ3n) is 7.97. The summed E-state index contributed by atoms with van der Waals surface area (Å²) in [6.07, 6.45) is 36.2. The first-order valence-electron chi connectivity index (χ1n) is 18.7. The van der Waals surface area contributed by atoms with Crippen LogP contribution >= 0.6 is 0 Å². The van der Waals surface area contributed by atoms with E-state index in [1.54, 1.807) is 0 Å². The van der Waals surface area contributed by atoms with Crippen molar-refractivity contribution in [3.8, 4) is 0 Å². The predicted octanol–water partition coefficient (Wildman–Crippen LogP) is 11.6. The lowest BCUT2D eigenvalue weighted by Crippen LogP contribution is -2.29. The smallest absolute Gasteiger partial charge is 0.226 e. The molecule has 41 heavy (non-hydrogen) atoms. The molecule has 246 valence electrons. The normalized spacial score (nSPS) is 10.8. The van der Waals surface area contributed by atoms with Crippen LogP contribution in [0.15, 0.2) is 0 Å². The van der Waals surface area contributed by atoms with Crippen LogP contribution in [0, 0.1) is 0 Å². The van der Waals surface area contributed by atoms with Crippen LogP contribution in [0.25, 0.3) is 0 Å². The summed E-state index contributed by atoms with van der Waals surface area (Å²) >= 11 is 0. The van der Waals surface area contributed by atoms with Crippen LogP contribution in [-0.2, 0) is 9.59 Å². The van der Waals surface area contributed by atoms with Crippen molar-refractivity contribution in [1.82, 2.24) is 10.6 Å². The third-order valence-corrected chi connectivity index (χ3v) is 7.97. The zero-order valence-electron chi connectivity index (χ0n) is 28.7. The molecule has 0 fully saturated rings. The molecule has 0 aliphatic rings. The van der Waals surface area contributed by atoms with E-state index in [0.29, 0.717) is 12.8 Å². The van der Waals surface area contributed by atoms with E-state index in [0.717, 1.165) is 38.8 Å². The van der Waals surface area contributed by atoms with Gasteiger partial charge in [0.25, 0.3) is 0 Å². The minimum Gasteiger partial charge on any atom is -0.317 e. The Bertz CT molecular complexity index is 465. The van der Waals surface area contributed by atoms with Gasteiger partial charge in [0.15, 0.2) is 0 Å². The molecule has 0 saturated heterocycles. The molecule has 0 radical (unpaired) electrons. The van der Waals surface area contributed by atoms with Gasteiger partial charge in [0.05, 0.1) is 0 Å². The summed E-state index contributed by atoms with van der Waals surface area (Å²) in [6, 6.07) is 0. The molecule has 2 N–H and O–H groups in total. The largest absolute Gasteiger partial charge is 0.317 e. The van der Waals surface area contributed by atoms with Crippen molar-refractivity contribution in [1.29, 1.82) is 0 Å². The van der Waals surface area contributed by atoms with E-state index in [1.165, 1.54) is 148 Å². The summed E-state index contributed by atoms with van der Waals surface area (Å²) < 4.78 is 0. The van der Waals surface area contributed by atoms with Crippen LogP contribution in [-0.4, -0.2) is 24.9 Å². The van der Waals surface area contributed by atoms with E-state index < -0.39 is 0 Å². The van der Waals surface area contributed by atoms with E-state index in [2.05, 4.69) is 38.3 Å². The van der Waals surface area contributed by atoms with E-state index in [-0.39, 0.29) is 11.8 Å². The second-order valence-corrected chi connectivity index (χ2v) is 12.3. The van der Waals surface area contributed by atoms with Gasteiger partial charge < -0.3 is 5.32 Å². The first-order valence-corrected chi connectivity index (χ1v) is 18.7. The van der Waals surface area contributed by atoms with Crippen molar-refractivity contribution in [2.24, 2.45) is 0 Å². The van der Waals surface area contributed by atoms with Crippen molar-refractivity contribution in [3.63, 3.8) is 0 Å². The first-order chi connectivity index (χ1) is 20.1. The summed E-state index contributed by atoms with van der Waals surface area (Å²) in [5, 5.41) is 5.79. The second kappa shape index (κ2) is 39.1. The average Bonchev–Trinajstić information content (AvgIpc) is 2.97. The number of unbranched alkanes of at least 4 members (excludes halogenated alkanes) is 24.